The Morgan fingerprint density at radius 3 is 2.56 bits per heavy atom. The Hall–Kier alpha value is -2.91. The average Bonchev–Trinajstić information content (AvgIpc) is 3.28. The SMILES string of the molecule is CCc1csc([C@H](Cc2ccc(N[SH](=O)=O)cc2)NC(=O)CCc2ccccc2OC)n1. The number of nitrogens with zero attached hydrogens (tertiary/aromatic N) is 1. The number of carbonyl (C=O) groups is 1. The maximum atomic E-state index is 12.8. The zero-order valence-electron chi connectivity index (χ0n) is 18.0. The van der Waals surface area contributed by atoms with E-state index in [1.54, 1.807) is 19.2 Å². The highest BCUT2D eigenvalue weighted by Gasteiger charge is 2.19. The number of benzene rings is 2. The normalized spacial score (nSPS) is 11.8. The molecular weight excluding hydrogens is 446 g/mol. The molecule has 0 fully saturated rings. The summed E-state index contributed by atoms with van der Waals surface area (Å²) in [4.78, 5) is 17.5. The van der Waals surface area contributed by atoms with Crippen LogP contribution in [0.15, 0.2) is 53.9 Å². The lowest BCUT2D eigenvalue weighted by molar-refractivity contribution is -0.121. The molecule has 7 nitrogen and oxygen atoms in total. The molecule has 2 N–H and O–H groups in total. The fraction of sp³-hybridized carbons (Fsp3) is 0.304. The van der Waals surface area contributed by atoms with Crippen LogP contribution in [0.3, 0.4) is 0 Å². The lowest BCUT2D eigenvalue weighted by Gasteiger charge is -2.17. The molecule has 1 atom stereocenters. The Labute approximate surface area is 193 Å². The minimum Gasteiger partial charge on any atom is -0.496 e. The summed E-state index contributed by atoms with van der Waals surface area (Å²) in [6.45, 7) is 2.05. The smallest absolute Gasteiger partial charge is 0.222 e. The summed E-state index contributed by atoms with van der Waals surface area (Å²) in [6.07, 6.45) is 2.30. The summed E-state index contributed by atoms with van der Waals surface area (Å²) in [6, 6.07) is 14.5. The highest BCUT2D eigenvalue weighted by molar-refractivity contribution is 7.73. The van der Waals surface area contributed by atoms with Crippen molar-refractivity contribution in [2.45, 2.75) is 38.6 Å². The number of nitrogens with one attached hydrogen (secondary N) is 2. The van der Waals surface area contributed by atoms with Crippen molar-refractivity contribution in [2.24, 2.45) is 0 Å². The van der Waals surface area contributed by atoms with Crippen molar-refractivity contribution < 1.29 is 17.9 Å². The van der Waals surface area contributed by atoms with Crippen molar-refractivity contribution in [2.75, 3.05) is 11.8 Å². The topological polar surface area (TPSA) is 97.4 Å². The Morgan fingerprint density at radius 2 is 1.91 bits per heavy atom. The number of thiol groups is 1. The van der Waals surface area contributed by atoms with Crippen LogP contribution in [0.1, 0.15) is 41.2 Å². The van der Waals surface area contributed by atoms with Crippen LogP contribution in [0.5, 0.6) is 5.75 Å². The van der Waals surface area contributed by atoms with Gasteiger partial charge in [0.15, 0.2) is 0 Å². The molecule has 0 bridgehead atoms. The van der Waals surface area contributed by atoms with Crippen molar-refractivity contribution in [1.82, 2.24) is 10.3 Å². The van der Waals surface area contributed by atoms with E-state index in [1.807, 2.05) is 48.7 Å². The molecule has 0 aliphatic rings. The molecule has 1 heterocycles. The number of hydrogen-bond acceptors (Lipinski definition) is 6. The van der Waals surface area contributed by atoms with E-state index in [0.717, 1.165) is 34.0 Å². The van der Waals surface area contributed by atoms with Crippen LogP contribution in [0.4, 0.5) is 5.69 Å². The first kappa shape index (κ1) is 23.7. The maximum absolute atomic E-state index is 12.8. The molecule has 0 aliphatic heterocycles. The molecule has 1 amide bonds. The fourth-order valence-electron chi connectivity index (χ4n) is 3.33. The van der Waals surface area contributed by atoms with Gasteiger partial charge in [-0.1, -0.05) is 37.3 Å². The van der Waals surface area contributed by atoms with Gasteiger partial charge in [0, 0.05) is 17.5 Å². The quantitative estimate of drug-likeness (QED) is 0.369. The molecule has 9 heteroatoms. The molecule has 0 radical (unpaired) electrons. The van der Waals surface area contributed by atoms with Gasteiger partial charge in [-0.25, -0.2) is 13.4 Å². The van der Waals surface area contributed by atoms with Crippen molar-refractivity contribution in [1.29, 1.82) is 0 Å². The van der Waals surface area contributed by atoms with Gasteiger partial charge in [0.05, 0.1) is 18.8 Å². The summed E-state index contributed by atoms with van der Waals surface area (Å²) >= 11 is 1.54. The fourth-order valence-corrected chi connectivity index (χ4v) is 4.64. The minimum absolute atomic E-state index is 0.0595. The van der Waals surface area contributed by atoms with Gasteiger partial charge in [-0.15, -0.1) is 11.3 Å². The first-order valence-electron chi connectivity index (χ1n) is 10.3. The van der Waals surface area contributed by atoms with Crippen LogP contribution in [0.2, 0.25) is 0 Å². The van der Waals surface area contributed by atoms with Crippen LogP contribution in [0, 0.1) is 0 Å². The summed E-state index contributed by atoms with van der Waals surface area (Å²) in [7, 11) is -1.08. The molecule has 2 aromatic carbocycles. The highest BCUT2D eigenvalue weighted by Crippen LogP contribution is 2.24. The number of aromatic nitrogens is 1. The van der Waals surface area contributed by atoms with Gasteiger partial charge in [0.1, 0.15) is 10.8 Å². The van der Waals surface area contributed by atoms with E-state index in [0.29, 0.717) is 24.9 Å². The number of para-hydroxylation sites is 1. The first-order valence-corrected chi connectivity index (χ1v) is 12.4. The number of methoxy groups -OCH3 is 1. The summed E-state index contributed by atoms with van der Waals surface area (Å²) < 4.78 is 29.4. The summed E-state index contributed by atoms with van der Waals surface area (Å²) in [5.41, 5.74) is 3.46. The lowest BCUT2D eigenvalue weighted by atomic mass is 10.0. The summed E-state index contributed by atoms with van der Waals surface area (Å²) in [5, 5.41) is 6.00. The number of ether oxygens (including phenoxy) is 1. The van der Waals surface area contributed by atoms with E-state index in [-0.39, 0.29) is 11.9 Å². The number of thiazole rings is 1. The van der Waals surface area contributed by atoms with E-state index in [2.05, 4.69) is 15.0 Å². The highest BCUT2D eigenvalue weighted by atomic mass is 32.2. The third-order valence-electron chi connectivity index (χ3n) is 4.99. The number of hydrogen-bond donors (Lipinski definition) is 3. The van der Waals surface area contributed by atoms with Gasteiger partial charge in [0.2, 0.25) is 16.8 Å². The number of rotatable bonds is 11. The molecular formula is C23H27N3O4S2. The van der Waals surface area contributed by atoms with E-state index < -0.39 is 10.9 Å². The largest absolute Gasteiger partial charge is 0.496 e. The number of anilines is 1. The Bertz CT molecular complexity index is 1100. The molecule has 3 rings (SSSR count). The Kier molecular flexibility index (Phi) is 8.64. The molecule has 0 saturated carbocycles. The minimum atomic E-state index is -2.70. The Morgan fingerprint density at radius 1 is 1.16 bits per heavy atom. The second-order valence-electron chi connectivity index (χ2n) is 7.23. The van der Waals surface area contributed by atoms with Crippen LogP contribution >= 0.6 is 11.3 Å². The molecule has 32 heavy (non-hydrogen) atoms. The van der Waals surface area contributed by atoms with Gasteiger partial charge in [0.25, 0.3) is 0 Å². The van der Waals surface area contributed by atoms with Crippen molar-refractivity contribution in [3.63, 3.8) is 0 Å². The number of aryl methyl sites for hydroxylation is 2. The van der Waals surface area contributed by atoms with Crippen LogP contribution < -0.4 is 14.8 Å². The van der Waals surface area contributed by atoms with Crippen LogP contribution in [-0.2, 0) is 34.9 Å². The second-order valence-corrected chi connectivity index (χ2v) is 8.86. The third kappa shape index (κ3) is 6.80. The van der Waals surface area contributed by atoms with Gasteiger partial charge < -0.3 is 10.1 Å². The molecule has 170 valence electrons. The second kappa shape index (κ2) is 11.6. The maximum Gasteiger partial charge on any atom is 0.222 e. The average molecular weight is 474 g/mol. The van der Waals surface area contributed by atoms with Gasteiger partial charge in [-0.3, -0.25) is 9.52 Å². The van der Waals surface area contributed by atoms with Crippen molar-refractivity contribution >= 4 is 33.8 Å². The van der Waals surface area contributed by atoms with E-state index >= 15 is 0 Å². The molecule has 1 aromatic heterocycles. The molecule has 0 spiro atoms. The number of carbonyl (C=O) groups excluding carboxylic acids is 1. The van der Waals surface area contributed by atoms with E-state index in [1.165, 1.54) is 11.3 Å². The molecule has 3 aromatic rings. The predicted molar refractivity (Wildman–Crippen MR) is 128 cm³/mol. The molecule has 0 unspecified atom stereocenters. The predicted octanol–water partition coefficient (Wildman–Crippen LogP) is 3.69. The summed E-state index contributed by atoms with van der Waals surface area (Å²) in [5.74, 6) is 0.716. The monoisotopic (exact) mass is 473 g/mol. The third-order valence-corrected chi connectivity index (χ3v) is 6.44. The van der Waals surface area contributed by atoms with E-state index in [4.69, 9.17) is 4.74 Å². The number of amides is 1. The van der Waals surface area contributed by atoms with Gasteiger partial charge >= 0.3 is 0 Å². The molecule has 0 saturated heterocycles. The van der Waals surface area contributed by atoms with Crippen molar-refractivity contribution in [3.8, 4) is 5.75 Å². The zero-order valence-corrected chi connectivity index (χ0v) is 19.7. The van der Waals surface area contributed by atoms with Gasteiger partial charge in [-0.05, 0) is 48.6 Å². The van der Waals surface area contributed by atoms with Crippen molar-refractivity contribution in [3.05, 3.63) is 75.7 Å². The molecule has 0 aliphatic carbocycles. The Balaban J connectivity index is 1.70. The standard InChI is InChI=1S/C23H27N3O4S2/c1-3-18-15-31-23(24-18)20(14-16-8-11-19(12-9-16)26-32(28)29)25-22(27)13-10-17-6-4-5-7-21(17)30-2/h4-9,11-12,15,20,32H,3,10,13-14H2,1-2H3,(H,25,27)(H,26,28,29)/t20-/m0/s1. The van der Waals surface area contributed by atoms with Crippen LogP contribution in [0.25, 0.3) is 0 Å². The van der Waals surface area contributed by atoms with Crippen LogP contribution in [-0.4, -0.2) is 26.4 Å². The van der Waals surface area contributed by atoms with Gasteiger partial charge in [-0.2, -0.15) is 0 Å². The first-order chi connectivity index (χ1) is 15.5. The zero-order chi connectivity index (χ0) is 22.9. The van der Waals surface area contributed by atoms with E-state index in [9.17, 15) is 13.2 Å². The lowest BCUT2D eigenvalue weighted by Crippen LogP contribution is -2.30.